The monoisotopic (exact) mass is 191 g/mol. The van der Waals surface area contributed by atoms with E-state index in [-0.39, 0.29) is 0 Å². The third-order valence-electron chi connectivity index (χ3n) is 2.84. The van der Waals surface area contributed by atoms with Gasteiger partial charge in [0.05, 0.1) is 0 Å². The smallest absolute Gasteiger partial charge is 0.0340 e. The molecule has 0 aromatic heterocycles. The van der Waals surface area contributed by atoms with E-state index in [1.165, 1.54) is 12.1 Å². The van der Waals surface area contributed by atoms with Crippen LogP contribution in [0.1, 0.15) is 27.2 Å². The van der Waals surface area contributed by atoms with Crippen molar-refractivity contribution in [2.45, 2.75) is 27.2 Å². The van der Waals surface area contributed by atoms with Gasteiger partial charge < -0.3 is 5.32 Å². The molecular formula is C13H21N. The lowest BCUT2D eigenvalue weighted by Gasteiger charge is -2.15. The molecule has 0 aliphatic carbocycles. The minimum absolute atomic E-state index is 0.785. The van der Waals surface area contributed by atoms with E-state index in [4.69, 9.17) is 0 Å². The summed E-state index contributed by atoms with van der Waals surface area (Å²) in [4.78, 5) is 0. The summed E-state index contributed by atoms with van der Waals surface area (Å²) in [6.07, 6.45) is 1.24. The molecule has 1 heteroatoms. The largest absolute Gasteiger partial charge is 0.385 e. The van der Waals surface area contributed by atoms with E-state index >= 15 is 0 Å². The molecule has 1 rings (SSSR count). The molecule has 1 unspecified atom stereocenters. The number of anilines is 1. The molecule has 0 radical (unpaired) electrons. The van der Waals surface area contributed by atoms with Gasteiger partial charge in [0, 0.05) is 12.2 Å². The van der Waals surface area contributed by atoms with Crippen molar-refractivity contribution in [3.63, 3.8) is 0 Å². The molecule has 0 fully saturated rings. The third-order valence-corrected chi connectivity index (χ3v) is 2.84. The number of hydrogen-bond acceptors (Lipinski definition) is 1. The molecule has 0 heterocycles. The Morgan fingerprint density at radius 1 is 1.07 bits per heavy atom. The normalized spacial score (nSPS) is 12.9. The summed E-state index contributed by atoms with van der Waals surface area (Å²) in [5.41, 5.74) is 1.23. The molecule has 1 aromatic rings. The standard InChI is InChI=1S/C13H21N/c1-11(2)12(3)9-10-14-13-7-5-4-6-8-13/h4-8,11-12,14H,9-10H2,1-3H3. The van der Waals surface area contributed by atoms with Gasteiger partial charge in [-0.05, 0) is 30.4 Å². The molecular weight excluding hydrogens is 170 g/mol. The summed E-state index contributed by atoms with van der Waals surface area (Å²) in [6.45, 7) is 7.96. The third kappa shape index (κ3) is 3.82. The van der Waals surface area contributed by atoms with Crippen molar-refractivity contribution in [2.24, 2.45) is 11.8 Å². The maximum atomic E-state index is 3.43. The van der Waals surface area contributed by atoms with E-state index in [1.54, 1.807) is 0 Å². The van der Waals surface area contributed by atoms with Crippen LogP contribution in [0.25, 0.3) is 0 Å². The molecule has 0 spiro atoms. The molecule has 0 bridgehead atoms. The minimum atomic E-state index is 0.785. The second kappa shape index (κ2) is 5.69. The fourth-order valence-electron chi connectivity index (χ4n) is 1.33. The van der Waals surface area contributed by atoms with Gasteiger partial charge in [-0.1, -0.05) is 39.0 Å². The quantitative estimate of drug-likeness (QED) is 0.747. The summed E-state index contributed by atoms with van der Waals surface area (Å²) < 4.78 is 0. The zero-order valence-electron chi connectivity index (χ0n) is 9.46. The highest BCUT2D eigenvalue weighted by molar-refractivity contribution is 5.42. The Bertz CT molecular complexity index is 241. The first-order valence-corrected chi connectivity index (χ1v) is 5.49. The van der Waals surface area contributed by atoms with Crippen LogP contribution in [-0.4, -0.2) is 6.54 Å². The zero-order chi connectivity index (χ0) is 10.4. The number of para-hydroxylation sites is 1. The van der Waals surface area contributed by atoms with Crippen LogP contribution < -0.4 is 5.32 Å². The van der Waals surface area contributed by atoms with Gasteiger partial charge in [-0.25, -0.2) is 0 Å². The Morgan fingerprint density at radius 2 is 1.71 bits per heavy atom. The van der Waals surface area contributed by atoms with Crippen LogP contribution in [0.5, 0.6) is 0 Å². The average molecular weight is 191 g/mol. The van der Waals surface area contributed by atoms with Crippen molar-refractivity contribution >= 4 is 5.69 Å². The Kier molecular flexibility index (Phi) is 4.51. The molecule has 1 N–H and O–H groups in total. The highest BCUT2D eigenvalue weighted by atomic mass is 14.9. The van der Waals surface area contributed by atoms with E-state index < -0.39 is 0 Å². The van der Waals surface area contributed by atoms with Crippen molar-refractivity contribution in [2.75, 3.05) is 11.9 Å². The van der Waals surface area contributed by atoms with Crippen LogP contribution >= 0.6 is 0 Å². The van der Waals surface area contributed by atoms with E-state index in [1.807, 2.05) is 6.07 Å². The fourth-order valence-corrected chi connectivity index (χ4v) is 1.33. The first-order valence-electron chi connectivity index (χ1n) is 5.49. The molecule has 78 valence electrons. The lowest BCUT2D eigenvalue weighted by atomic mass is 9.95. The van der Waals surface area contributed by atoms with Crippen molar-refractivity contribution in [3.8, 4) is 0 Å². The summed E-state index contributed by atoms with van der Waals surface area (Å²) in [6, 6.07) is 10.4. The Labute approximate surface area is 87.5 Å². The highest BCUT2D eigenvalue weighted by Gasteiger charge is 2.05. The Balaban J connectivity index is 2.22. The summed E-state index contributed by atoms with van der Waals surface area (Å²) >= 11 is 0. The molecule has 0 saturated carbocycles. The molecule has 1 nitrogen and oxygen atoms in total. The van der Waals surface area contributed by atoms with Gasteiger partial charge in [0.15, 0.2) is 0 Å². The van der Waals surface area contributed by atoms with Gasteiger partial charge in [0.2, 0.25) is 0 Å². The molecule has 0 amide bonds. The fraction of sp³-hybridized carbons (Fsp3) is 0.538. The van der Waals surface area contributed by atoms with Crippen LogP contribution in [0.3, 0.4) is 0 Å². The van der Waals surface area contributed by atoms with Gasteiger partial charge in [-0.15, -0.1) is 0 Å². The SMILES string of the molecule is CC(C)C(C)CCNc1ccccc1. The predicted octanol–water partition coefficient (Wildman–Crippen LogP) is 3.78. The van der Waals surface area contributed by atoms with Crippen LogP contribution in [0.4, 0.5) is 5.69 Å². The van der Waals surface area contributed by atoms with Gasteiger partial charge in [-0.2, -0.15) is 0 Å². The van der Waals surface area contributed by atoms with E-state index in [0.717, 1.165) is 18.4 Å². The van der Waals surface area contributed by atoms with Gasteiger partial charge >= 0.3 is 0 Å². The van der Waals surface area contributed by atoms with E-state index in [0.29, 0.717) is 0 Å². The van der Waals surface area contributed by atoms with Crippen molar-refractivity contribution < 1.29 is 0 Å². The number of nitrogens with one attached hydrogen (secondary N) is 1. The lowest BCUT2D eigenvalue weighted by Crippen LogP contribution is -2.10. The second-order valence-corrected chi connectivity index (χ2v) is 4.30. The number of benzene rings is 1. The molecule has 0 saturated heterocycles. The first kappa shape index (κ1) is 11.1. The molecule has 0 aliphatic heterocycles. The second-order valence-electron chi connectivity index (χ2n) is 4.30. The van der Waals surface area contributed by atoms with Crippen molar-refractivity contribution in [1.82, 2.24) is 0 Å². The average Bonchev–Trinajstić information content (AvgIpc) is 2.19. The maximum Gasteiger partial charge on any atom is 0.0340 e. The van der Waals surface area contributed by atoms with E-state index in [9.17, 15) is 0 Å². The molecule has 0 aliphatic rings. The van der Waals surface area contributed by atoms with Crippen molar-refractivity contribution in [1.29, 1.82) is 0 Å². The summed E-state index contributed by atoms with van der Waals surface area (Å²) in [5, 5.41) is 3.43. The topological polar surface area (TPSA) is 12.0 Å². The van der Waals surface area contributed by atoms with Crippen LogP contribution in [-0.2, 0) is 0 Å². The number of hydrogen-bond donors (Lipinski definition) is 1. The Hall–Kier alpha value is -0.980. The van der Waals surface area contributed by atoms with Gasteiger partial charge in [-0.3, -0.25) is 0 Å². The van der Waals surface area contributed by atoms with Crippen molar-refractivity contribution in [3.05, 3.63) is 30.3 Å². The Morgan fingerprint density at radius 3 is 2.29 bits per heavy atom. The van der Waals surface area contributed by atoms with E-state index in [2.05, 4.69) is 50.4 Å². The predicted molar refractivity (Wildman–Crippen MR) is 63.6 cm³/mol. The first-order chi connectivity index (χ1) is 6.70. The number of rotatable bonds is 5. The maximum absolute atomic E-state index is 3.43. The molecule has 1 aromatic carbocycles. The highest BCUT2D eigenvalue weighted by Crippen LogP contribution is 2.14. The zero-order valence-corrected chi connectivity index (χ0v) is 9.46. The summed E-state index contributed by atoms with van der Waals surface area (Å²) in [5.74, 6) is 1.58. The molecule has 14 heavy (non-hydrogen) atoms. The van der Waals surface area contributed by atoms with Gasteiger partial charge in [0.25, 0.3) is 0 Å². The van der Waals surface area contributed by atoms with Crippen LogP contribution in [0, 0.1) is 11.8 Å². The minimum Gasteiger partial charge on any atom is -0.385 e. The lowest BCUT2D eigenvalue weighted by molar-refractivity contribution is 0.401. The van der Waals surface area contributed by atoms with Gasteiger partial charge in [0.1, 0.15) is 0 Å². The summed E-state index contributed by atoms with van der Waals surface area (Å²) in [7, 11) is 0. The van der Waals surface area contributed by atoms with Crippen LogP contribution in [0.2, 0.25) is 0 Å². The molecule has 1 atom stereocenters. The van der Waals surface area contributed by atoms with Crippen LogP contribution in [0.15, 0.2) is 30.3 Å².